The molecule has 2 heterocycles. The van der Waals surface area contributed by atoms with Crippen LogP contribution < -0.4 is 0 Å². The van der Waals surface area contributed by atoms with Gasteiger partial charge in [0, 0.05) is 18.4 Å². The van der Waals surface area contributed by atoms with Crippen molar-refractivity contribution in [2.24, 2.45) is 0 Å². The average molecular weight is 291 g/mol. The number of halogens is 1. The summed E-state index contributed by atoms with van der Waals surface area (Å²) in [5, 5.41) is 9.65. The maximum absolute atomic E-state index is 14.0. The number of carboxylic acids is 1. The number of para-hydroxylation sites is 1. The van der Waals surface area contributed by atoms with Crippen LogP contribution in [0.2, 0.25) is 0 Å². The normalized spacial score (nSPS) is 21.9. The van der Waals surface area contributed by atoms with Crippen molar-refractivity contribution in [3.63, 3.8) is 0 Å². The van der Waals surface area contributed by atoms with Crippen molar-refractivity contribution in [3.05, 3.63) is 35.6 Å². The van der Waals surface area contributed by atoms with E-state index in [1.54, 1.807) is 6.07 Å². The van der Waals surface area contributed by atoms with Gasteiger partial charge in [-0.05, 0) is 18.6 Å². The van der Waals surface area contributed by atoms with E-state index < -0.39 is 24.1 Å². The Morgan fingerprint density at radius 2 is 2.19 bits per heavy atom. The predicted molar refractivity (Wildman–Crippen MR) is 72.9 cm³/mol. The number of furan rings is 1. The quantitative estimate of drug-likeness (QED) is 0.922. The van der Waals surface area contributed by atoms with Gasteiger partial charge >= 0.3 is 5.97 Å². The number of aliphatic carboxylic acids is 1. The molecule has 1 atom stereocenters. The lowest BCUT2D eigenvalue weighted by Gasteiger charge is -2.16. The Bertz CT molecular complexity index is 738. The van der Waals surface area contributed by atoms with Crippen LogP contribution in [0.15, 0.2) is 28.7 Å². The number of aryl methyl sites for hydroxylation is 1. The van der Waals surface area contributed by atoms with Crippen LogP contribution in [0.3, 0.4) is 0 Å². The highest BCUT2D eigenvalue weighted by Gasteiger charge is 2.47. The van der Waals surface area contributed by atoms with Gasteiger partial charge in [-0.2, -0.15) is 0 Å². The molecule has 110 valence electrons. The zero-order valence-electron chi connectivity index (χ0n) is 11.4. The van der Waals surface area contributed by atoms with Gasteiger partial charge in [-0.1, -0.05) is 18.2 Å². The van der Waals surface area contributed by atoms with Crippen LogP contribution in [-0.4, -0.2) is 40.6 Å². The van der Waals surface area contributed by atoms with Crippen molar-refractivity contribution in [1.82, 2.24) is 4.90 Å². The van der Waals surface area contributed by atoms with E-state index in [0.29, 0.717) is 5.58 Å². The molecule has 0 bridgehead atoms. The third-order valence-corrected chi connectivity index (χ3v) is 3.84. The van der Waals surface area contributed by atoms with Crippen LogP contribution >= 0.6 is 0 Å². The van der Waals surface area contributed by atoms with Crippen molar-refractivity contribution in [1.29, 1.82) is 0 Å². The van der Waals surface area contributed by atoms with Crippen molar-refractivity contribution in [2.75, 3.05) is 13.1 Å². The predicted octanol–water partition coefficient (Wildman–Crippen LogP) is 2.38. The third-order valence-electron chi connectivity index (χ3n) is 3.84. The largest absolute Gasteiger partial charge is 0.479 e. The first-order chi connectivity index (χ1) is 9.90. The Balaban J connectivity index is 1.88. The van der Waals surface area contributed by atoms with E-state index >= 15 is 0 Å². The lowest BCUT2D eigenvalue weighted by molar-refractivity contribution is -0.149. The Morgan fingerprint density at radius 3 is 2.81 bits per heavy atom. The zero-order valence-corrected chi connectivity index (χ0v) is 11.4. The number of carbonyl (C=O) groups is 2. The van der Waals surface area contributed by atoms with E-state index in [1.165, 1.54) is 4.90 Å². The minimum Gasteiger partial charge on any atom is -0.479 e. The molecule has 5 nitrogen and oxygen atoms in total. The van der Waals surface area contributed by atoms with Crippen molar-refractivity contribution in [2.45, 2.75) is 19.0 Å². The van der Waals surface area contributed by atoms with Gasteiger partial charge in [-0.25, -0.2) is 9.18 Å². The number of likely N-dealkylation sites (tertiary alicyclic amines) is 1. The number of hydrogen-bond donors (Lipinski definition) is 1. The number of carbonyl (C=O) groups excluding carboxylic acids is 1. The molecule has 1 fully saturated rings. The minimum atomic E-state index is -2.36. The molecule has 1 aliphatic heterocycles. The van der Waals surface area contributed by atoms with Gasteiger partial charge in [0.25, 0.3) is 5.91 Å². The summed E-state index contributed by atoms with van der Waals surface area (Å²) in [4.78, 5) is 24.4. The van der Waals surface area contributed by atoms with Gasteiger partial charge in [0.05, 0.1) is 6.54 Å². The molecule has 1 aliphatic rings. The van der Waals surface area contributed by atoms with Crippen LogP contribution in [0, 0.1) is 6.92 Å². The van der Waals surface area contributed by atoms with Crippen LogP contribution in [-0.2, 0) is 4.79 Å². The van der Waals surface area contributed by atoms with E-state index in [1.807, 2.05) is 25.1 Å². The highest BCUT2D eigenvalue weighted by atomic mass is 19.1. The Morgan fingerprint density at radius 1 is 1.43 bits per heavy atom. The molecule has 2 aromatic rings. The summed E-state index contributed by atoms with van der Waals surface area (Å²) in [6, 6.07) is 7.15. The molecule has 6 heteroatoms. The van der Waals surface area contributed by atoms with E-state index in [4.69, 9.17) is 9.52 Å². The van der Waals surface area contributed by atoms with Crippen molar-refractivity contribution < 1.29 is 23.5 Å². The summed E-state index contributed by atoms with van der Waals surface area (Å²) in [5.74, 6) is -1.90. The highest BCUT2D eigenvalue weighted by Crippen LogP contribution is 2.29. The van der Waals surface area contributed by atoms with Crippen LogP contribution in [0.1, 0.15) is 22.5 Å². The second-order valence-corrected chi connectivity index (χ2v) is 5.35. The van der Waals surface area contributed by atoms with E-state index in [2.05, 4.69) is 0 Å². The number of alkyl halides is 1. The fraction of sp³-hybridized carbons (Fsp3) is 0.333. The topological polar surface area (TPSA) is 70.8 Å². The lowest BCUT2D eigenvalue weighted by atomic mass is 10.1. The smallest absolute Gasteiger partial charge is 0.343 e. The summed E-state index contributed by atoms with van der Waals surface area (Å²) in [5.41, 5.74) is -0.847. The van der Waals surface area contributed by atoms with Crippen LogP contribution in [0.25, 0.3) is 11.0 Å². The van der Waals surface area contributed by atoms with Gasteiger partial charge in [0.1, 0.15) is 5.58 Å². The maximum atomic E-state index is 14.0. The van der Waals surface area contributed by atoms with Crippen molar-refractivity contribution >= 4 is 22.8 Å². The Labute approximate surface area is 119 Å². The number of rotatable bonds is 2. The summed E-state index contributed by atoms with van der Waals surface area (Å²) in [6.07, 6.45) is -0.201. The first-order valence-corrected chi connectivity index (χ1v) is 6.61. The molecule has 1 N–H and O–H groups in total. The first kappa shape index (κ1) is 13.6. The lowest BCUT2D eigenvalue weighted by Crippen LogP contribution is -2.38. The zero-order chi connectivity index (χ0) is 15.2. The monoisotopic (exact) mass is 291 g/mol. The minimum absolute atomic E-state index is 0.0671. The van der Waals surface area contributed by atoms with Crippen LogP contribution in [0.5, 0.6) is 0 Å². The van der Waals surface area contributed by atoms with Gasteiger partial charge in [-0.15, -0.1) is 0 Å². The molecule has 0 saturated carbocycles. The fourth-order valence-electron chi connectivity index (χ4n) is 2.59. The molecular formula is C15H14FNO4. The second-order valence-electron chi connectivity index (χ2n) is 5.35. The molecule has 1 amide bonds. The average Bonchev–Trinajstić information content (AvgIpc) is 3.03. The van der Waals surface area contributed by atoms with Gasteiger partial charge in [0.2, 0.25) is 5.67 Å². The number of benzene rings is 1. The SMILES string of the molecule is Cc1cccc2cc(C(=O)N3CC[C@](F)(C(=O)O)C3)oc12. The number of carboxylic acid groups (broad SMARTS) is 1. The number of fused-ring (bicyclic) bond motifs is 1. The van der Waals surface area contributed by atoms with Gasteiger partial charge in [-0.3, -0.25) is 4.79 Å². The standard InChI is InChI=1S/C15H14FNO4/c1-9-3-2-4-10-7-11(21-12(9)10)13(18)17-6-5-15(16,8-17)14(19)20/h2-4,7H,5-6,8H2,1H3,(H,19,20)/t15-/m1/s1. The van der Waals surface area contributed by atoms with E-state index in [-0.39, 0.29) is 18.7 Å². The Kier molecular flexibility index (Phi) is 2.97. The highest BCUT2D eigenvalue weighted by molar-refractivity contribution is 5.97. The Hall–Kier alpha value is -2.37. The van der Waals surface area contributed by atoms with Crippen molar-refractivity contribution in [3.8, 4) is 0 Å². The second kappa shape index (κ2) is 4.58. The molecule has 1 aromatic heterocycles. The number of nitrogens with zero attached hydrogens (tertiary/aromatic N) is 1. The maximum Gasteiger partial charge on any atom is 0.343 e. The van der Waals surface area contributed by atoms with E-state index in [0.717, 1.165) is 10.9 Å². The van der Waals surface area contributed by atoms with Crippen LogP contribution in [0.4, 0.5) is 4.39 Å². The van der Waals surface area contributed by atoms with Gasteiger partial charge < -0.3 is 14.4 Å². The first-order valence-electron chi connectivity index (χ1n) is 6.61. The summed E-state index contributed by atoms with van der Waals surface area (Å²) < 4.78 is 19.5. The molecule has 3 rings (SSSR count). The van der Waals surface area contributed by atoms with Gasteiger partial charge in [0.15, 0.2) is 5.76 Å². The summed E-state index contributed by atoms with van der Waals surface area (Å²) >= 11 is 0. The molecular weight excluding hydrogens is 277 g/mol. The molecule has 0 unspecified atom stereocenters. The van der Waals surface area contributed by atoms with E-state index in [9.17, 15) is 14.0 Å². The molecule has 0 radical (unpaired) electrons. The molecule has 0 spiro atoms. The fourth-order valence-corrected chi connectivity index (χ4v) is 2.59. The number of amides is 1. The number of hydrogen-bond acceptors (Lipinski definition) is 3. The molecule has 1 saturated heterocycles. The summed E-state index contributed by atoms with van der Waals surface area (Å²) in [6.45, 7) is 1.49. The third kappa shape index (κ3) is 2.16. The summed E-state index contributed by atoms with van der Waals surface area (Å²) in [7, 11) is 0. The molecule has 0 aliphatic carbocycles. The molecule has 21 heavy (non-hydrogen) atoms. The molecule has 1 aromatic carbocycles.